The largest absolute Gasteiger partial charge is 0.465 e. The lowest BCUT2D eigenvalue weighted by atomic mass is 10.2. The second-order valence-electron chi connectivity index (χ2n) is 7.30. The Hall–Kier alpha value is -3.41. The van der Waals surface area contributed by atoms with Gasteiger partial charge in [-0.15, -0.1) is 0 Å². The number of alkyl halides is 3. The van der Waals surface area contributed by atoms with Crippen molar-refractivity contribution in [3.8, 4) is 0 Å². The molecule has 2 aromatic heterocycles. The molecular weight excluding hydrogens is 477 g/mol. The van der Waals surface area contributed by atoms with Crippen LogP contribution in [0, 0.1) is 0 Å². The van der Waals surface area contributed by atoms with Crippen LogP contribution in [0.2, 0.25) is 5.02 Å². The zero-order valence-corrected chi connectivity index (χ0v) is 19.1. The summed E-state index contributed by atoms with van der Waals surface area (Å²) in [5.74, 6) is -1.05. The number of nitrogens with zero attached hydrogens (tertiary/aromatic N) is 4. The van der Waals surface area contributed by atoms with E-state index in [0.717, 1.165) is 6.21 Å². The van der Waals surface area contributed by atoms with Gasteiger partial charge in [0.25, 0.3) is 0 Å². The Balaban J connectivity index is 1.98. The molecule has 1 aliphatic heterocycles. The van der Waals surface area contributed by atoms with Crippen molar-refractivity contribution >= 4 is 46.6 Å². The minimum absolute atomic E-state index is 0.0927. The molecule has 1 fully saturated rings. The molecule has 2 aromatic rings. The molecule has 13 heteroatoms. The summed E-state index contributed by atoms with van der Waals surface area (Å²) in [6.07, 6.45) is 2.05. The number of amides is 1. The van der Waals surface area contributed by atoms with Crippen LogP contribution in [0.25, 0.3) is 11.0 Å². The molecule has 0 aliphatic carbocycles. The van der Waals surface area contributed by atoms with Crippen LogP contribution in [0.5, 0.6) is 0 Å². The van der Waals surface area contributed by atoms with E-state index >= 15 is 0 Å². The SMILES string of the molecule is C/C=C(\N=C(N=CC(=O)OC)c1c[nH]c2ncc(Cl)cc12)N1CCC[C@@H]1C(=O)NCC(F)(F)F. The summed E-state index contributed by atoms with van der Waals surface area (Å²) in [6, 6.07) is 0.819. The zero-order chi connectivity index (χ0) is 24.9. The molecule has 1 amide bonds. The van der Waals surface area contributed by atoms with E-state index in [-0.39, 0.29) is 5.84 Å². The first-order valence-corrected chi connectivity index (χ1v) is 10.6. The van der Waals surface area contributed by atoms with E-state index in [9.17, 15) is 22.8 Å². The highest BCUT2D eigenvalue weighted by Gasteiger charge is 2.35. The molecule has 0 saturated carbocycles. The summed E-state index contributed by atoms with van der Waals surface area (Å²) in [5.41, 5.74) is 0.981. The van der Waals surface area contributed by atoms with Crippen molar-refractivity contribution in [3.63, 3.8) is 0 Å². The summed E-state index contributed by atoms with van der Waals surface area (Å²) >= 11 is 6.08. The van der Waals surface area contributed by atoms with Gasteiger partial charge in [0.2, 0.25) is 5.91 Å². The number of rotatable bonds is 6. The number of pyridine rings is 1. The molecule has 0 bridgehead atoms. The average molecular weight is 499 g/mol. The van der Waals surface area contributed by atoms with Gasteiger partial charge in [-0.2, -0.15) is 13.2 Å². The topological polar surface area (TPSA) is 112 Å². The third-order valence-corrected chi connectivity index (χ3v) is 5.23. The number of amidine groups is 1. The average Bonchev–Trinajstić information content (AvgIpc) is 3.44. The van der Waals surface area contributed by atoms with Crippen LogP contribution < -0.4 is 5.32 Å². The van der Waals surface area contributed by atoms with Crippen molar-refractivity contribution in [1.29, 1.82) is 0 Å². The number of aromatic nitrogens is 2. The van der Waals surface area contributed by atoms with Gasteiger partial charge in [-0.05, 0) is 31.9 Å². The Kier molecular flexibility index (Phi) is 7.92. The molecule has 1 saturated heterocycles. The van der Waals surface area contributed by atoms with Crippen molar-refractivity contribution < 1.29 is 27.5 Å². The molecule has 0 radical (unpaired) electrons. The first-order valence-electron chi connectivity index (χ1n) is 10.2. The lowest BCUT2D eigenvalue weighted by molar-refractivity contribution is -0.140. The van der Waals surface area contributed by atoms with Gasteiger partial charge in [0, 0.05) is 29.9 Å². The van der Waals surface area contributed by atoms with Crippen LogP contribution in [-0.2, 0) is 14.3 Å². The highest BCUT2D eigenvalue weighted by molar-refractivity contribution is 6.31. The molecule has 1 atom stereocenters. The lowest BCUT2D eigenvalue weighted by Gasteiger charge is -2.26. The number of halogens is 4. The molecule has 3 rings (SSSR count). The number of esters is 1. The smallest absolute Gasteiger partial charge is 0.405 e. The van der Waals surface area contributed by atoms with E-state index in [1.165, 1.54) is 13.3 Å². The Bertz CT molecular complexity index is 1160. The van der Waals surface area contributed by atoms with Crippen LogP contribution in [0.3, 0.4) is 0 Å². The van der Waals surface area contributed by atoms with E-state index in [0.29, 0.717) is 46.8 Å². The van der Waals surface area contributed by atoms with E-state index in [1.54, 1.807) is 30.2 Å². The third-order valence-electron chi connectivity index (χ3n) is 5.02. The number of fused-ring (bicyclic) bond motifs is 1. The number of methoxy groups -OCH3 is 1. The minimum atomic E-state index is -4.51. The van der Waals surface area contributed by atoms with Crippen molar-refractivity contribution in [1.82, 2.24) is 20.2 Å². The predicted octanol–water partition coefficient (Wildman–Crippen LogP) is 3.21. The predicted molar refractivity (Wildman–Crippen MR) is 121 cm³/mol. The van der Waals surface area contributed by atoms with Crippen molar-refractivity contribution in [2.24, 2.45) is 9.98 Å². The number of carbonyl (C=O) groups excluding carboxylic acids is 2. The fraction of sp³-hybridized carbons (Fsp3) is 0.381. The summed E-state index contributed by atoms with van der Waals surface area (Å²) in [5, 5.41) is 2.89. The van der Waals surface area contributed by atoms with Gasteiger partial charge < -0.3 is 19.9 Å². The fourth-order valence-electron chi connectivity index (χ4n) is 3.51. The van der Waals surface area contributed by atoms with Crippen LogP contribution in [0.4, 0.5) is 13.2 Å². The van der Waals surface area contributed by atoms with E-state index in [2.05, 4.69) is 24.7 Å². The number of H-pyrrole nitrogens is 1. The normalized spacial score (nSPS) is 17.6. The van der Waals surface area contributed by atoms with Crippen molar-refractivity contribution in [2.45, 2.75) is 32.0 Å². The fourth-order valence-corrected chi connectivity index (χ4v) is 3.67. The molecule has 2 N–H and O–H groups in total. The van der Waals surface area contributed by atoms with Gasteiger partial charge in [-0.1, -0.05) is 11.6 Å². The second kappa shape index (κ2) is 10.7. The number of carbonyl (C=O) groups is 2. The summed E-state index contributed by atoms with van der Waals surface area (Å²) in [6.45, 7) is 0.669. The maximum absolute atomic E-state index is 12.6. The molecule has 9 nitrogen and oxygen atoms in total. The van der Waals surface area contributed by atoms with Crippen LogP contribution in [0.1, 0.15) is 25.3 Å². The molecule has 34 heavy (non-hydrogen) atoms. The quantitative estimate of drug-likeness (QED) is 0.361. The standard InChI is InChI=1S/C21H22ClF3N6O3/c1-3-16(31-6-4-5-15(31)20(33)29-11-21(23,24)25)30-19(28-10-17(32)34-2)14-9-27-18-13(14)7-12(22)8-26-18/h3,7-10,15H,4-6,11H2,1-2H3,(H,26,27)(H,29,33)/b16-3+,28-10?,30-19?/t15-/m1/s1. The van der Waals surface area contributed by atoms with Gasteiger partial charge in [0.1, 0.15) is 30.3 Å². The monoisotopic (exact) mass is 498 g/mol. The van der Waals surface area contributed by atoms with Gasteiger partial charge >= 0.3 is 12.1 Å². The van der Waals surface area contributed by atoms with Gasteiger partial charge in [-0.3, -0.25) is 4.79 Å². The molecule has 1 aliphatic rings. The number of aliphatic imine (C=N–C) groups is 2. The number of aromatic amines is 1. The minimum Gasteiger partial charge on any atom is -0.465 e. The maximum atomic E-state index is 12.6. The lowest BCUT2D eigenvalue weighted by Crippen LogP contribution is -2.45. The number of nitrogens with one attached hydrogen (secondary N) is 2. The zero-order valence-electron chi connectivity index (χ0n) is 18.3. The number of allylic oxidation sites excluding steroid dienone is 1. The van der Waals surface area contributed by atoms with E-state index < -0.39 is 30.6 Å². The van der Waals surface area contributed by atoms with Crippen LogP contribution >= 0.6 is 11.6 Å². The van der Waals surface area contributed by atoms with Crippen molar-refractivity contribution in [2.75, 3.05) is 20.2 Å². The molecule has 0 aromatic carbocycles. The second-order valence-corrected chi connectivity index (χ2v) is 7.74. The Morgan fingerprint density at radius 3 is 2.88 bits per heavy atom. The first kappa shape index (κ1) is 25.2. The van der Waals surface area contributed by atoms with Gasteiger partial charge in [0.05, 0.1) is 12.1 Å². The van der Waals surface area contributed by atoms with E-state index in [4.69, 9.17) is 11.6 Å². The summed E-state index contributed by atoms with van der Waals surface area (Å²) in [4.78, 5) is 41.6. The number of hydrogen-bond acceptors (Lipinski definition) is 6. The van der Waals surface area contributed by atoms with Crippen molar-refractivity contribution in [3.05, 3.63) is 40.9 Å². The number of ether oxygens (including phenoxy) is 1. The Labute approximate surface area is 197 Å². The molecule has 0 unspecified atom stereocenters. The highest BCUT2D eigenvalue weighted by Crippen LogP contribution is 2.26. The van der Waals surface area contributed by atoms with Gasteiger partial charge in [0.15, 0.2) is 5.84 Å². The Morgan fingerprint density at radius 2 is 2.21 bits per heavy atom. The van der Waals surface area contributed by atoms with E-state index in [1.807, 2.05) is 5.32 Å². The number of hydrogen-bond donors (Lipinski definition) is 2. The van der Waals surface area contributed by atoms with Crippen LogP contribution in [-0.4, -0.2) is 71.2 Å². The summed E-state index contributed by atoms with van der Waals surface area (Å²) < 4.78 is 42.3. The maximum Gasteiger partial charge on any atom is 0.405 e. The van der Waals surface area contributed by atoms with Gasteiger partial charge in [-0.25, -0.2) is 19.8 Å². The molecule has 3 heterocycles. The molecule has 0 spiro atoms. The summed E-state index contributed by atoms with van der Waals surface area (Å²) in [7, 11) is 1.20. The highest BCUT2D eigenvalue weighted by atomic mass is 35.5. The Morgan fingerprint density at radius 1 is 1.44 bits per heavy atom. The molecular formula is C21H22ClF3N6O3. The van der Waals surface area contributed by atoms with Crippen LogP contribution in [0.15, 0.2) is 40.3 Å². The third kappa shape index (κ3) is 6.13. The first-order chi connectivity index (χ1) is 16.1. The number of likely N-dealkylation sites (tertiary alicyclic amines) is 1. The molecule has 182 valence electrons.